The Morgan fingerprint density at radius 3 is 1.25 bits per heavy atom. The molecule has 2 N–H and O–H groups in total. The van der Waals surface area contributed by atoms with Gasteiger partial charge in [-0.15, -0.1) is 22.7 Å². The van der Waals surface area contributed by atoms with E-state index in [9.17, 15) is 19.8 Å². The van der Waals surface area contributed by atoms with Gasteiger partial charge in [-0.1, -0.05) is 109 Å². The largest absolute Gasteiger partial charge is 2.00 e. The minimum Gasteiger partial charge on any atom is -0.654 e. The number of hydrogen-bond donors (Lipinski definition) is 2. The molecule has 4 aromatic heterocycles. The van der Waals surface area contributed by atoms with Crippen LogP contribution in [0, 0.1) is 0 Å². The summed E-state index contributed by atoms with van der Waals surface area (Å²) < 4.78 is 0. The first-order chi connectivity index (χ1) is 27.4. The molecule has 0 aliphatic rings. The zero-order valence-corrected chi connectivity index (χ0v) is 30.9. The number of carboxylic acid groups (broad SMARTS) is 2. The van der Waals surface area contributed by atoms with Gasteiger partial charge < -0.3 is 20.8 Å². The average Bonchev–Trinajstić information content (AvgIpc) is 3.24. The van der Waals surface area contributed by atoms with Gasteiger partial charge in [0.05, 0.1) is 33.2 Å². The van der Waals surface area contributed by atoms with Gasteiger partial charge >= 0.3 is 29.0 Å². The summed E-state index contributed by atoms with van der Waals surface area (Å²) in [5.41, 5.74) is 5.59. The molecule has 4 heterocycles. The van der Waals surface area contributed by atoms with E-state index in [1.165, 1.54) is 0 Å². The normalized spacial score (nSPS) is 10.9. The number of carbonyl (C=O) groups is 2. The molecular formula is C46H28FeN6O4. The average molecular weight is 785 g/mol. The van der Waals surface area contributed by atoms with Crippen LogP contribution in [0.15, 0.2) is 158 Å². The molecule has 0 radical (unpaired) electrons. The summed E-state index contributed by atoms with van der Waals surface area (Å²) in [6.45, 7) is 0. The van der Waals surface area contributed by atoms with Crippen molar-refractivity contribution in [1.82, 2.24) is 19.9 Å². The van der Waals surface area contributed by atoms with Gasteiger partial charge in [0.2, 0.25) is 0 Å². The fourth-order valence-corrected chi connectivity index (χ4v) is 6.93. The van der Waals surface area contributed by atoms with E-state index in [-0.39, 0.29) is 28.2 Å². The monoisotopic (exact) mass is 784 g/mol. The number of hydrogen-bond acceptors (Lipinski definition) is 6. The van der Waals surface area contributed by atoms with Crippen molar-refractivity contribution in [2.24, 2.45) is 0 Å². The van der Waals surface area contributed by atoms with Crippen molar-refractivity contribution in [3.63, 3.8) is 0 Å². The smallest absolute Gasteiger partial charge is 0.654 e. The van der Waals surface area contributed by atoms with Crippen molar-refractivity contribution in [1.29, 1.82) is 0 Å². The second-order valence-electron chi connectivity index (χ2n) is 13.0. The van der Waals surface area contributed by atoms with Crippen molar-refractivity contribution >= 4 is 99.8 Å². The van der Waals surface area contributed by atoms with Gasteiger partial charge in [0, 0.05) is 46.3 Å². The Hall–Kier alpha value is -7.46. The summed E-state index contributed by atoms with van der Waals surface area (Å²) in [6.07, 6.45) is 7.02. The predicted octanol–water partition coefficient (Wildman–Crippen LogP) is 11.9. The van der Waals surface area contributed by atoms with Crippen LogP contribution < -0.4 is 0 Å². The molecule has 10 aromatic rings. The summed E-state index contributed by atoms with van der Waals surface area (Å²) in [5.74, 6) is -2.00. The fourth-order valence-electron chi connectivity index (χ4n) is 6.93. The maximum absolute atomic E-state index is 11.7. The maximum atomic E-state index is 11.7. The molecule has 10 nitrogen and oxygen atoms in total. The number of nitrogens with zero attached hydrogens (tertiary/aromatic N) is 6. The van der Waals surface area contributed by atoms with Crippen molar-refractivity contribution in [3.05, 3.63) is 180 Å². The van der Waals surface area contributed by atoms with Crippen LogP contribution in [0.5, 0.6) is 0 Å². The van der Waals surface area contributed by atoms with Crippen LogP contribution in [0.2, 0.25) is 0 Å². The molecule has 0 unspecified atom stereocenters. The Bertz CT molecular complexity index is 2970. The van der Waals surface area contributed by atoms with Crippen molar-refractivity contribution in [2.45, 2.75) is 0 Å². The van der Waals surface area contributed by atoms with Gasteiger partial charge in [0.25, 0.3) is 0 Å². The standard InChI is InChI=1S/2C23H14N3O2.Fe/c2*27-23(28)16-11-18-17-8-2-1-5-15(17)13-25-22(18)20(12-16)26-19-9-3-6-14-7-4-10-24-21(14)19;/h2*1-13H,(H,27,28);/q2*-1;+2. The molecule has 0 aliphatic carbocycles. The Morgan fingerprint density at radius 2 is 0.807 bits per heavy atom. The molecule has 11 heteroatoms. The second-order valence-corrected chi connectivity index (χ2v) is 13.0. The van der Waals surface area contributed by atoms with Crippen LogP contribution in [0.3, 0.4) is 0 Å². The molecule has 0 fully saturated rings. The summed E-state index contributed by atoms with van der Waals surface area (Å²) in [4.78, 5) is 41.5. The SMILES string of the molecule is O=C(O)c1cc([N-]c2cccc3cccnc23)c2ncc3ccccc3c2c1.O=C(O)c1cc([N-]c2cccc3cccnc23)c2ncc3ccccc3c2c1.[Fe+2]. The van der Waals surface area contributed by atoms with Gasteiger partial charge in [0.1, 0.15) is 0 Å². The zero-order valence-electron chi connectivity index (χ0n) is 29.8. The minimum atomic E-state index is -0.998. The molecule has 0 spiro atoms. The minimum absolute atomic E-state index is 0. The quantitative estimate of drug-likeness (QED) is 0.125. The van der Waals surface area contributed by atoms with Crippen LogP contribution in [-0.4, -0.2) is 42.1 Å². The summed E-state index contributed by atoms with van der Waals surface area (Å²) >= 11 is 0. The molecular weight excluding hydrogens is 756 g/mol. The third-order valence-electron chi connectivity index (χ3n) is 9.55. The first-order valence-electron chi connectivity index (χ1n) is 17.6. The molecule has 0 saturated heterocycles. The number of aromatic carboxylic acids is 2. The maximum Gasteiger partial charge on any atom is 2.00 e. The number of carboxylic acids is 2. The third kappa shape index (κ3) is 7.00. The molecule has 10 rings (SSSR count). The molecule has 0 bridgehead atoms. The van der Waals surface area contributed by atoms with Crippen LogP contribution in [0.1, 0.15) is 20.7 Å². The third-order valence-corrected chi connectivity index (χ3v) is 9.55. The van der Waals surface area contributed by atoms with E-state index in [1.807, 2.05) is 109 Å². The summed E-state index contributed by atoms with van der Waals surface area (Å²) in [5, 5.41) is 36.0. The topological polar surface area (TPSA) is 154 Å². The number of pyridine rings is 4. The van der Waals surface area contributed by atoms with Crippen molar-refractivity contribution in [2.75, 3.05) is 0 Å². The van der Waals surface area contributed by atoms with Crippen LogP contribution in [0.4, 0.5) is 22.7 Å². The van der Waals surface area contributed by atoms with Gasteiger partial charge in [0.15, 0.2) is 0 Å². The summed E-state index contributed by atoms with van der Waals surface area (Å²) in [7, 11) is 0. The van der Waals surface area contributed by atoms with Crippen LogP contribution >= 0.6 is 0 Å². The first-order valence-corrected chi connectivity index (χ1v) is 17.6. The first kappa shape index (κ1) is 36.5. The Labute approximate surface area is 335 Å². The Morgan fingerprint density at radius 1 is 0.404 bits per heavy atom. The van der Waals surface area contributed by atoms with E-state index in [0.29, 0.717) is 33.8 Å². The van der Waals surface area contributed by atoms with E-state index in [1.54, 1.807) is 49.1 Å². The molecule has 274 valence electrons. The van der Waals surface area contributed by atoms with Gasteiger partial charge in [-0.2, -0.15) is 0 Å². The second kappa shape index (κ2) is 15.3. The van der Waals surface area contributed by atoms with E-state index >= 15 is 0 Å². The molecule has 0 saturated carbocycles. The number of aromatic nitrogens is 4. The van der Waals surface area contributed by atoms with E-state index in [4.69, 9.17) is 10.6 Å². The zero-order chi connectivity index (χ0) is 38.2. The van der Waals surface area contributed by atoms with E-state index in [2.05, 4.69) is 19.9 Å². The number of rotatable bonds is 6. The number of benzene rings is 6. The van der Waals surface area contributed by atoms with Crippen LogP contribution in [0.25, 0.3) is 75.8 Å². The molecule has 0 amide bonds. The molecule has 0 atom stereocenters. The van der Waals surface area contributed by atoms with Gasteiger partial charge in [-0.05, 0) is 45.8 Å². The predicted molar refractivity (Wildman–Crippen MR) is 221 cm³/mol. The van der Waals surface area contributed by atoms with Gasteiger partial charge in [-0.25, -0.2) is 9.59 Å². The van der Waals surface area contributed by atoms with E-state index in [0.717, 1.165) is 54.1 Å². The molecule has 6 aromatic carbocycles. The van der Waals surface area contributed by atoms with E-state index < -0.39 is 11.9 Å². The Kier molecular flexibility index (Phi) is 9.83. The fraction of sp³-hybridized carbons (Fsp3) is 0. The van der Waals surface area contributed by atoms with Gasteiger partial charge in [-0.3, -0.25) is 19.9 Å². The number of para-hydroxylation sites is 2. The van der Waals surface area contributed by atoms with Crippen molar-refractivity contribution < 1.29 is 36.9 Å². The summed E-state index contributed by atoms with van der Waals surface area (Å²) in [6, 6.07) is 41.2. The van der Waals surface area contributed by atoms with Crippen molar-refractivity contribution in [3.8, 4) is 0 Å². The molecule has 0 aliphatic heterocycles. The molecule has 57 heavy (non-hydrogen) atoms. The van der Waals surface area contributed by atoms with Crippen LogP contribution in [-0.2, 0) is 17.1 Å². The number of fused-ring (bicyclic) bond motifs is 8. The Balaban J connectivity index is 0.000000157.